The summed E-state index contributed by atoms with van der Waals surface area (Å²) < 4.78 is 2.13. The molecule has 0 unspecified atom stereocenters. The number of benzene rings is 2. The van der Waals surface area contributed by atoms with Crippen LogP contribution in [0.4, 0.5) is 5.69 Å². The van der Waals surface area contributed by atoms with Crippen molar-refractivity contribution >= 4 is 5.69 Å². The molecule has 1 saturated heterocycles. The van der Waals surface area contributed by atoms with Crippen molar-refractivity contribution in [3.8, 4) is 11.1 Å². The molecule has 1 fully saturated rings. The lowest BCUT2D eigenvalue weighted by atomic mass is 10.0. The fourth-order valence-electron chi connectivity index (χ4n) is 3.96. The number of nitrogens with zero attached hydrogens (tertiary/aromatic N) is 4. The Labute approximate surface area is 162 Å². The predicted molar refractivity (Wildman–Crippen MR) is 112 cm³/mol. The predicted octanol–water partition coefficient (Wildman–Crippen LogP) is 3.99. The van der Waals surface area contributed by atoms with E-state index in [-0.39, 0.29) is 0 Å². The molecule has 0 atom stereocenters. The maximum Gasteiger partial charge on any atom is 0.0596 e. The van der Waals surface area contributed by atoms with E-state index in [2.05, 4.69) is 94.1 Å². The summed E-state index contributed by atoms with van der Waals surface area (Å²) in [5.74, 6) is 0. The molecule has 4 rings (SSSR count). The summed E-state index contributed by atoms with van der Waals surface area (Å²) in [6, 6.07) is 21.6. The summed E-state index contributed by atoms with van der Waals surface area (Å²) in [6.07, 6.45) is 0. The number of piperazine rings is 1. The molecule has 1 aliphatic heterocycles. The van der Waals surface area contributed by atoms with E-state index in [1.54, 1.807) is 0 Å². The smallest absolute Gasteiger partial charge is 0.0596 e. The van der Waals surface area contributed by atoms with E-state index in [1.165, 1.54) is 22.5 Å². The Morgan fingerprint density at radius 2 is 1.52 bits per heavy atom. The maximum atomic E-state index is 4.58. The molecule has 0 radical (unpaired) electrons. The van der Waals surface area contributed by atoms with Crippen molar-refractivity contribution in [2.24, 2.45) is 0 Å². The third kappa shape index (κ3) is 4.06. The molecule has 1 aromatic heterocycles. The molecule has 0 aliphatic carbocycles. The summed E-state index contributed by atoms with van der Waals surface area (Å²) in [7, 11) is 0. The molecule has 0 N–H and O–H groups in total. The number of rotatable bonds is 5. The van der Waals surface area contributed by atoms with Crippen molar-refractivity contribution in [2.75, 3.05) is 37.6 Å². The van der Waals surface area contributed by atoms with Gasteiger partial charge in [-0.25, -0.2) is 0 Å². The van der Waals surface area contributed by atoms with Crippen LogP contribution in [0.5, 0.6) is 0 Å². The minimum Gasteiger partial charge on any atom is -0.368 e. The van der Waals surface area contributed by atoms with Gasteiger partial charge in [-0.15, -0.1) is 0 Å². The highest BCUT2D eigenvalue weighted by Crippen LogP contribution is 2.31. The van der Waals surface area contributed by atoms with Gasteiger partial charge in [0, 0.05) is 49.7 Å². The lowest BCUT2D eigenvalue weighted by molar-refractivity contribution is 0.243. The third-order valence-corrected chi connectivity index (χ3v) is 5.43. The van der Waals surface area contributed by atoms with Crippen LogP contribution < -0.4 is 4.90 Å². The minimum absolute atomic E-state index is 0.972. The van der Waals surface area contributed by atoms with Crippen molar-refractivity contribution in [2.45, 2.75) is 20.4 Å². The van der Waals surface area contributed by atoms with Crippen LogP contribution in [0.25, 0.3) is 11.1 Å². The summed E-state index contributed by atoms with van der Waals surface area (Å²) in [5, 5.41) is 4.58. The number of aryl methyl sites for hydroxylation is 2. The monoisotopic (exact) mass is 360 g/mol. The Kier molecular flexibility index (Phi) is 5.26. The van der Waals surface area contributed by atoms with Crippen LogP contribution in [-0.4, -0.2) is 47.4 Å². The SMILES string of the molecule is Cc1cc(C)n(CCN2CCN(c3ccccc3-c3ccccc3)CC2)n1. The molecule has 0 bridgehead atoms. The molecule has 0 saturated carbocycles. The molecular formula is C23H28N4. The second kappa shape index (κ2) is 7.97. The van der Waals surface area contributed by atoms with E-state index < -0.39 is 0 Å². The first-order valence-corrected chi connectivity index (χ1v) is 9.83. The average Bonchev–Trinajstić information content (AvgIpc) is 3.04. The number of hydrogen-bond donors (Lipinski definition) is 0. The first-order valence-electron chi connectivity index (χ1n) is 9.83. The topological polar surface area (TPSA) is 24.3 Å². The van der Waals surface area contributed by atoms with Gasteiger partial charge in [-0.2, -0.15) is 5.10 Å². The van der Waals surface area contributed by atoms with Crippen LogP contribution >= 0.6 is 0 Å². The Morgan fingerprint density at radius 3 is 2.22 bits per heavy atom. The molecule has 0 spiro atoms. The number of anilines is 1. The Morgan fingerprint density at radius 1 is 0.815 bits per heavy atom. The van der Waals surface area contributed by atoms with E-state index in [0.29, 0.717) is 0 Å². The third-order valence-electron chi connectivity index (χ3n) is 5.43. The molecular weight excluding hydrogens is 332 g/mol. The van der Waals surface area contributed by atoms with Crippen LogP contribution in [0.15, 0.2) is 60.7 Å². The van der Waals surface area contributed by atoms with Crippen LogP contribution in [0.1, 0.15) is 11.4 Å². The van der Waals surface area contributed by atoms with E-state index in [9.17, 15) is 0 Å². The normalized spacial score (nSPS) is 15.3. The molecule has 140 valence electrons. The van der Waals surface area contributed by atoms with Gasteiger partial charge >= 0.3 is 0 Å². The largest absolute Gasteiger partial charge is 0.368 e. The van der Waals surface area contributed by atoms with Gasteiger partial charge in [-0.1, -0.05) is 48.5 Å². The van der Waals surface area contributed by atoms with Crippen molar-refractivity contribution in [1.82, 2.24) is 14.7 Å². The zero-order valence-electron chi connectivity index (χ0n) is 16.3. The quantitative estimate of drug-likeness (QED) is 0.688. The molecule has 4 heteroatoms. The lowest BCUT2D eigenvalue weighted by Crippen LogP contribution is -2.47. The summed E-state index contributed by atoms with van der Waals surface area (Å²) in [4.78, 5) is 5.08. The number of para-hydroxylation sites is 1. The van der Waals surface area contributed by atoms with Gasteiger partial charge in [0.2, 0.25) is 0 Å². The average molecular weight is 361 g/mol. The lowest BCUT2D eigenvalue weighted by Gasteiger charge is -2.37. The second-order valence-electron chi connectivity index (χ2n) is 7.36. The van der Waals surface area contributed by atoms with Crippen LogP contribution in [-0.2, 0) is 6.54 Å². The molecule has 2 heterocycles. The van der Waals surface area contributed by atoms with E-state index in [4.69, 9.17) is 0 Å². The molecule has 4 nitrogen and oxygen atoms in total. The van der Waals surface area contributed by atoms with E-state index in [1.807, 2.05) is 0 Å². The number of aromatic nitrogens is 2. The Balaban J connectivity index is 1.39. The highest BCUT2D eigenvalue weighted by Gasteiger charge is 2.19. The molecule has 3 aromatic rings. The minimum atomic E-state index is 0.972. The van der Waals surface area contributed by atoms with Crippen molar-refractivity contribution < 1.29 is 0 Å². The summed E-state index contributed by atoms with van der Waals surface area (Å²) in [5.41, 5.74) is 6.33. The van der Waals surface area contributed by atoms with Crippen molar-refractivity contribution in [3.63, 3.8) is 0 Å². The van der Waals surface area contributed by atoms with Gasteiger partial charge in [0.1, 0.15) is 0 Å². The zero-order valence-corrected chi connectivity index (χ0v) is 16.3. The highest BCUT2D eigenvalue weighted by atomic mass is 15.3. The van der Waals surface area contributed by atoms with Gasteiger partial charge in [0.05, 0.1) is 12.2 Å². The van der Waals surface area contributed by atoms with Crippen LogP contribution in [0.3, 0.4) is 0 Å². The molecule has 27 heavy (non-hydrogen) atoms. The summed E-state index contributed by atoms with van der Waals surface area (Å²) in [6.45, 7) is 10.6. The van der Waals surface area contributed by atoms with Gasteiger partial charge in [0.25, 0.3) is 0 Å². The first kappa shape index (κ1) is 17.8. The van der Waals surface area contributed by atoms with Gasteiger partial charge in [0.15, 0.2) is 0 Å². The van der Waals surface area contributed by atoms with Crippen molar-refractivity contribution in [1.29, 1.82) is 0 Å². The standard InChI is InChI=1S/C23H28N4/c1-19-18-20(2)27(24-19)17-14-25-12-15-26(16-13-25)23-11-7-6-10-22(23)21-8-4-3-5-9-21/h3-11,18H,12-17H2,1-2H3. The fourth-order valence-corrected chi connectivity index (χ4v) is 3.96. The first-order chi connectivity index (χ1) is 13.2. The molecule has 2 aromatic carbocycles. The van der Waals surface area contributed by atoms with Gasteiger partial charge in [-0.3, -0.25) is 9.58 Å². The van der Waals surface area contributed by atoms with Gasteiger partial charge < -0.3 is 4.90 Å². The Bertz CT molecular complexity index is 876. The second-order valence-corrected chi connectivity index (χ2v) is 7.36. The van der Waals surface area contributed by atoms with Gasteiger partial charge in [-0.05, 0) is 31.5 Å². The van der Waals surface area contributed by atoms with E-state index in [0.717, 1.165) is 45.0 Å². The molecule has 1 aliphatic rings. The van der Waals surface area contributed by atoms with Crippen LogP contribution in [0, 0.1) is 13.8 Å². The summed E-state index contributed by atoms with van der Waals surface area (Å²) >= 11 is 0. The Hall–Kier alpha value is -2.59. The maximum absolute atomic E-state index is 4.58. The molecule has 0 amide bonds. The van der Waals surface area contributed by atoms with E-state index >= 15 is 0 Å². The van der Waals surface area contributed by atoms with Crippen molar-refractivity contribution in [3.05, 3.63) is 72.1 Å². The zero-order chi connectivity index (χ0) is 18.6. The van der Waals surface area contributed by atoms with Crippen LogP contribution in [0.2, 0.25) is 0 Å². The fraction of sp³-hybridized carbons (Fsp3) is 0.348. The highest BCUT2D eigenvalue weighted by molar-refractivity contribution is 5.78. The number of hydrogen-bond acceptors (Lipinski definition) is 3.